The van der Waals surface area contributed by atoms with Crippen molar-refractivity contribution < 1.29 is 9.59 Å². The van der Waals surface area contributed by atoms with Gasteiger partial charge in [-0.25, -0.2) is 0 Å². The zero-order valence-corrected chi connectivity index (χ0v) is 13.9. The molecule has 6 heteroatoms. The number of halogens is 1. The van der Waals surface area contributed by atoms with Crippen molar-refractivity contribution in [3.63, 3.8) is 0 Å². The lowest BCUT2D eigenvalue weighted by atomic mass is 10.2. The van der Waals surface area contributed by atoms with Gasteiger partial charge in [-0.05, 0) is 42.3 Å². The molecular weight excluding hydrogens is 358 g/mol. The Labute approximate surface area is 142 Å². The summed E-state index contributed by atoms with van der Waals surface area (Å²) in [5, 5.41) is 5.69. The third-order valence-electron chi connectivity index (χ3n) is 3.77. The molecule has 2 N–H and O–H groups in total. The predicted molar refractivity (Wildman–Crippen MR) is 90.5 cm³/mol. The number of pyridine rings is 1. The highest BCUT2D eigenvalue weighted by Gasteiger charge is 2.47. The molecule has 23 heavy (non-hydrogen) atoms. The average molecular weight is 374 g/mol. The van der Waals surface area contributed by atoms with Crippen LogP contribution in [0.3, 0.4) is 0 Å². The zero-order valence-electron chi connectivity index (χ0n) is 12.3. The molecule has 118 valence electrons. The molecule has 0 bridgehead atoms. The molecule has 1 aromatic heterocycles. The maximum Gasteiger partial charge on any atom is 0.228 e. The molecule has 0 aliphatic heterocycles. The normalized spacial score (nSPS) is 19.0. The van der Waals surface area contributed by atoms with Gasteiger partial charge in [-0.1, -0.05) is 22.0 Å². The second-order valence-corrected chi connectivity index (χ2v) is 6.44. The van der Waals surface area contributed by atoms with Crippen molar-refractivity contribution in [2.24, 2.45) is 11.8 Å². The van der Waals surface area contributed by atoms with E-state index in [2.05, 4.69) is 31.5 Å². The summed E-state index contributed by atoms with van der Waals surface area (Å²) in [5.41, 5.74) is 1.68. The lowest BCUT2D eigenvalue weighted by Crippen LogP contribution is -2.27. The van der Waals surface area contributed by atoms with Crippen molar-refractivity contribution in [1.82, 2.24) is 10.3 Å². The van der Waals surface area contributed by atoms with Crippen LogP contribution < -0.4 is 10.6 Å². The van der Waals surface area contributed by atoms with Gasteiger partial charge >= 0.3 is 0 Å². The van der Waals surface area contributed by atoms with Gasteiger partial charge < -0.3 is 10.6 Å². The molecule has 5 nitrogen and oxygen atoms in total. The molecule has 2 atom stereocenters. The van der Waals surface area contributed by atoms with Gasteiger partial charge in [0, 0.05) is 29.1 Å². The highest BCUT2D eigenvalue weighted by Crippen LogP contribution is 2.39. The Balaban J connectivity index is 1.47. The van der Waals surface area contributed by atoms with E-state index >= 15 is 0 Å². The molecule has 1 saturated carbocycles. The highest BCUT2D eigenvalue weighted by atomic mass is 79.9. The zero-order chi connectivity index (χ0) is 16.2. The molecule has 0 radical (unpaired) electrons. The maximum atomic E-state index is 12.1. The molecule has 1 aliphatic rings. The van der Waals surface area contributed by atoms with E-state index < -0.39 is 0 Å². The lowest BCUT2D eigenvalue weighted by molar-refractivity contribution is -0.125. The van der Waals surface area contributed by atoms with Gasteiger partial charge in [-0.15, -0.1) is 0 Å². The summed E-state index contributed by atoms with van der Waals surface area (Å²) in [7, 11) is 0. The third kappa shape index (κ3) is 4.16. The van der Waals surface area contributed by atoms with Crippen molar-refractivity contribution in [2.75, 3.05) is 5.32 Å². The molecule has 1 aromatic carbocycles. The maximum absolute atomic E-state index is 12.1. The van der Waals surface area contributed by atoms with Gasteiger partial charge in [-0.2, -0.15) is 0 Å². The number of carbonyl (C=O) groups excluding carboxylic acids is 2. The Morgan fingerprint density at radius 1 is 1.13 bits per heavy atom. The molecule has 2 aromatic rings. The Bertz CT molecular complexity index is 704. The first-order valence-corrected chi connectivity index (χ1v) is 8.16. The number of carbonyl (C=O) groups is 2. The predicted octanol–water partition coefficient (Wildman–Crippen LogP) is 2.74. The lowest BCUT2D eigenvalue weighted by Gasteiger charge is -2.06. The van der Waals surface area contributed by atoms with Gasteiger partial charge in [0.05, 0.1) is 11.8 Å². The Morgan fingerprint density at radius 3 is 2.57 bits per heavy atom. The topological polar surface area (TPSA) is 71.1 Å². The Morgan fingerprint density at radius 2 is 1.87 bits per heavy atom. The fraction of sp³-hybridized carbons (Fsp3) is 0.235. The number of amides is 2. The van der Waals surface area contributed by atoms with Crippen molar-refractivity contribution in [3.05, 3.63) is 58.8 Å². The third-order valence-corrected chi connectivity index (χ3v) is 4.29. The van der Waals surface area contributed by atoms with Gasteiger partial charge in [0.2, 0.25) is 11.8 Å². The van der Waals surface area contributed by atoms with Crippen LogP contribution >= 0.6 is 15.9 Å². The first-order valence-electron chi connectivity index (χ1n) is 7.36. The van der Waals surface area contributed by atoms with E-state index in [-0.39, 0.29) is 23.7 Å². The van der Waals surface area contributed by atoms with Gasteiger partial charge in [-0.3, -0.25) is 14.6 Å². The second kappa shape index (κ2) is 6.91. The summed E-state index contributed by atoms with van der Waals surface area (Å²) in [5.74, 6) is -0.659. The van der Waals surface area contributed by atoms with Crippen LogP contribution in [0, 0.1) is 11.8 Å². The van der Waals surface area contributed by atoms with Crippen LogP contribution in [0.5, 0.6) is 0 Å². The number of rotatable bonds is 5. The summed E-state index contributed by atoms with van der Waals surface area (Å²) in [6.07, 6.45) is 4.00. The first kappa shape index (κ1) is 15.7. The monoisotopic (exact) mass is 373 g/mol. The summed E-state index contributed by atoms with van der Waals surface area (Å²) >= 11 is 3.35. The van der Waals surface area contributed by atoms with Crippen molar-refractivity contribution in [3.8, 4) is 0 Å². The molecule has 0 saturated heterocycles. The molecule has 0 spiro atoms. The van der Waals surface area contributed by atoms with Crippen LogP contribution in [0.4, 0.5) is 5.69 Å². The molecule has 1 aliphatic carbocycles. The first-order chi connectivity index (χ1) is 11.1. The summed E-state index contributed by atoms with van der Waals surface area (Å²) < 4.78 is 0.953. The summed E-state index contributed by atoms with van der Waals surface area (Å²) in [4.78, 5) is 28.2. The highest BCUT2D eigenvalue weighted by molar-refractivity contribution is 9.10. The SMILES string of the molecule is O=C(NCc1cccnc1)C1CC1C(=O)Nc1ccc(Br)cc1. The molecule has 3 rings (SSSR count). The van der Waals surface area contributed by atoms with E-state index in [1.54, 1.807) is 12.4 Å². The van der Waals surface area contributed by atoms with E-state index in [1.807, 2.05) is 36.4 Å². The smallest absolute Gasteiger partial charge is 0.228 e. The minimum absolute atomic E-state index is 0.0789. The molecule has 1 heterocycles. The molecule has 2 amide bonds. The van der Waals surface area contributed by atoms with Crippen LogP contribution in [0.15, 0.2) is 53.3 Å². The minimum Gasteiger partial charge on any atom is -0.352 e. The molecular formula is C17H16BrN3O2. The van der Waals surface area contributed by atoms with Crippen LogP contribution in [-0.4, -0.2) is 16.8 Å². The van der Waals surface area contributed by atoms with Crippen LogP contribution in [0.2, 0.25) is 0 Å². The quantitative estimate of drug-likeness (QED) is 0.846. The molecule has 1 fully saturated rings. The Hall–Kier alpha value is -2.21. The number of anilines is 1. The number of nitrogens with one attached hydrogen (secondary N) is 2. The minimum atomic E-state index is -0.243. The summed E-state index contributed by atoms with van der Waals surface area (Å²) in [6, 6.07) is 11.1. The average Bonchev–Trinajstić information content (AvgIpc) is 3.36. The van der Waals surface area contributed by atoms with Crippen molar-refractivity contribution in [1.29, 1.82) is 0 Å². The fourth-order valence-electron chi connectivity index (χ4n) is 2.37. The second-order valence-electron chi connectivity index (χ2n) is 5.52. The Kier molecular flexibility index (Phi) is 4.71. The van der Waals surface area contributed by atoms with E-state index in [0.717, 1.165) is 15.7 Å². The largest absolute Gasteiger partial charge is 0.352 e. The fourth-order valence-corrected chi connectivity index (χ4v) is 2.63. The van der Waals surface area contributed by atoms with Crippen LogP contribution in [0.1, 0.15) is 12.0 Å². The van der Waals surface area contributed by atoms with E-state index in [9.17, 15) is 9.59 Å². The standard InChI is InChI=1S/C17H16BrN3O2/c18-12-3-5-13(6-4-12)21-17(23)15-8-14(15)16(22)20-10-11-2-1-7-19-9-11/h1-7,9,14-15H,8,10H2,(H,20,22)(H,21,23). The number of hydrogen-bond donors (Lipinski definition) is 2. The van der Waals surface area contributed by atoms with Crippen molar-refractivity contribution in [2.45, 2.75) is 13.0 Å². The number of aromatic nitrogens is 1. The van der Waals surface area contributed by atoms with Crippen LogP contribution in [-0.2, 0) is 16.1 Å². The van der Waals surface area contributed by atoms with Gasteiger partial charge in [0.1, 0.15) is 0 Å². The van der Waals surface area contributed by atoms with E-state index in [4.69, 9.17) is 0 Å². The number of nitrogens with zero attached hydrogens (tertiary/aromatic N) is 1. The van der Waals surface area contributed by atoms with E-state index in [0.29, 0.717) is 13.0 Å². The number of benzene rings is 1. The summed E-state index contributed by atoms with van der Waals surface area (Å²) in [6.45, 7) is 0.435. The van der Waals surface area contributed by atoms with Crippen LogP contribution in [0.25, 0.3) is 0 Å². The van der Waals surface area contributed by atoms with Gasteiger partial charge in [0.15, 0.2) is 0 Å². The van der Waals surface area contributed by atoms with E-state index in [1.165, 1.54) is 0 Å². The van der Waals surface area contributed by atoms with Crippen molar-refractivity contribution >= 4 is 33.4 Å². The molecule has 2 unspecified atom stereocenters. The van der Waals surface area contributed by atoms with Gasteiger partial charge in [0.25, 0.3) is 0 Å². The number of hydrogen-bond acceptors (Lipinski definition) is 3.